The number of piperidine rings is 1. The zero-order valence-corrected chi connectivity index (χ0v) is 13.0. The van der Waals surface area contributed by atoms with Crippen molar-refractivity contribution in [3.05, 3.63) is 30.1 Å². The SMILES string of the molecule is CCCNC(C)C1CCCCN1CCc1cccnc1. The van der Waals surface area contributed by atoms with E-state index in [1.807, 2.05) is 18.5 Å². The predicted molar refractivity (Wildman–Crippen MR) is 84.9 cm³/mol. The maximum absolute atomic E-state index is 4.21. The van der Waals surface area contributed by atoms with Crippen molar-refractivity contribution in [3.63, 3.8) is 0 Å². The fourth-order valence-electron chi connectivity index (χ4n) is 3.19. The normalized spacial score (nSPS) is 21.8. The summed E-state index contributed by atoms with van der Waals surface area (Å²) < 4.78 is 0. The summed E-state index contributed by atoms with van der Waals surface area (Å²) in [7, 11) is 0. The van der Waals surface area contributed by atoms with Crippen LogP contribution in [0.15, 0.2) is 24.5 Å². The monoisotopic (exact) mass is 275 g/mol. The van der Waals surface area contributed by atoms with Crippen LogP contribution in [0.1, 0.15) is 45.1 Å². The molecule has 1 fully saturated rings. The molecule has 2 rings (SSSR count). The molecule has 0 aliphatic carbocycles. The zero-order valence-electron chi connectivity index (χ0n) is 13.0. The molecule has 2 atom stereocenters. The summed E-state index contributed by atoms with van der Waals surface area (Å²) in [6.07, 6.45) is 10.3. The van der Waals surface area contributed by atoms with Gasteiger partial charge in [0.1, 0.15) is 0 Å². The standard InChI is InChI=1S/C17H29N3/c1-3-10-19-15(2)17-8-4-5-12-20(17)13-9-16-7-6-11-18-14-16/h6-7,11,14-15,17,19H,3-5,8-10,12-13H2,1-2H3. The summed E-state index contributed by atoms with van der Waals surface area (Å²) in [4.78, 5) is 6.90. The van der Waals surface area contributed by atoms with Gasteiger partial charge in [-0.2, -0.15) is 0 Å². The second-order valence-electron chi connectivity index (χ2n) is 5.95. The minimum atomic E-state index is 0.601. The van der Waals surface area contributed by atoms with Crippen molar-refractivity contribution in [2.24, 2.45) is 0 Å². The van der Waals surface area contributed by atoms with Crippen LogP contribution < -0.4 is 5.32 Å². The van der Waals surface area contributed by atoms with Crippen molar-refractivity contribution in [2.75, 3.05) is 19.6 Å². The van der Waals surface area contributed by atoms with Crippen molar-refractivity contribution in [2.45, 2.75) is 58.0 Å². The van der Waals surface area contributed by atoms with Gasteiger partial charge in [0, 0.05) is 31.0 Å². The van der Waals surface area contributed by atoms with E-state index in [1.54, 1.807) is 0 Å². The van der Waals surface area contributed by atoms with Crippen molar-refractivity contribution < 1.29 is 0 Å². The van der Waals surface area contributed by atoms with Crippen molar-refractivity contribution >= 4 is 0 Å². The summed E-state index contributed by atoms with van der Waals surface area (Å²) in [6.45, 7) is 8.13. The minimum absolute atomic E-state index is 0.601. The molecule has 2 heterocycles. The van der Waals surface area contributed by atoms with Crippen LogP contribution in [-0.4, -0.2) is 41.6 Å². The van der Waals surface area contributed by atoms with E-state index in [1.165, 1.54) is 37.8 Å². The van der Waals surface area contributed by atoms with E-state index in [-0.39, 0.29) is 0 Å². The topological polar surface area (TPSA) is 28.2 Å². The maximum Gasteiger partial charge on any atom is 0.0300 e. The van der Waals surface area contributed by atoms with Gasteiger partial charge < -0.3 is 5.32 Å². The smallest absolute Gasteiger partial charge is 0.0300 e. The van der Waals surface area contributed by atoms with Gasteiger partial charge in [0.25, 0.3) is 0 Å². The Bertz CT molecular complexity index is 366. The Morgan fingerprint density at radius 3 is 3.10 bits per heavy atom. The van der Waals surface area contributed by atoms with E-state index in [4.69, 9.17) is 0 Å². The van der Waals surface area contributed by atoms with Gasteiger partial charge in [0.05, 0.1) is 0 Å². The molecule has 112 valence electrons. The van der Waals surface area contributed by atoms with Crippen molar-refractivity contribution in [1.82, 2.24) is 15.2 Å². The zero-order chi connectivity index (χ0) is 14.2. The highest BCUT2D eigenvalue weighted by Gasteiger charge is 2.26. The van der Waals surface area contributed by atoms with E-state index in [0.717, 1.165) is 19.5 Å². The number of rotatable bonds is 7. The minimum Gasteiger partial charge on any atom is -0.313 e. The van der Waals surface area contributed by atoms with E-state index < -0.39 is 0 Å². The van der Waals surface area contributed by atoms with Crippen molar-refractivity contribution in [3.8, 4) is 0 Å². The fraction of sp³-hybridized carbons (Fsp3) is 0.706. The van der Waals surface area contributed by atoms with E-state index >= 15 is 0 Å². The molecule has 0 radical (unpaired) electrons. The third-order valence-corrected chi connectivity index (χ3v) is 4.37. The van der Waals surface area contributed by atoms with Crippen LogP contribution in [-0.2, 0) is 6.42 Å². The molecular formula is C17H29N3. The van der Waals surface area contributed by atoms with Gasteiger partial charge in [-0.1, -0.05) is 19.4 Å². The number of pyridine rings is 1. The first-order chi connectivity index (χ1) is 9.81. The van der Waals surface area contributed by atoms with Crippen LogP contribution in [0.2, 0.25) is 0 Å². The lowest BCUT2D eigenvalue weighted by molar-refractivity contribution is 0.120. The van der Waals surface area contributed by atoms with Crippen LogP contribution >= 0.6 is 0 Å². The van der Waals surface area contributed by atoms with E-state index in [0.29, 0.717) is 12.1 Å². The number of aromatic nitrogens is 1. The first-order valence-electron chi connectivity index (χ1n) is 8.17. The summed E-state index contributed by atoms with van der Waals surface area (Å²) in [5, 5.41) is 3.68. The lowest BCUT2D eigenvalue weighted by atomic mass is 9.95. The highest BCUT2D eigenvalue weighted by molar-refractivity contribution is 5.09. The number of nitrogens with one attached hydrogen (secondary N) is 1. The first-order valence-corrected chi connectivity index (χ1v) is 8.17. The third-order valence-electron chi connectivity index (χ3n) is 4.37. The van der Waals surface area contributed by atoms with E-state index in [2.05, 4.69) is 35.1 Å². The molecule has 0 saturated carbocycles. The average molecular weight is 275 g/mol. The van der Waals surface area contributed by atoms with E-state index in [9.17, 15) is 0 Å². The lowest BCUT2D eigenvalue weighted by Gasteiger charge is -2.39. The number of nitrogens with zero attached hydrogens (tertiary/aromatic N) is 2. The molecular weight excluding hydrogens is 246 g/mol. The Balaban J connectivity index is 1.86. The Labute approximate surface area is 123 Å². The molecule has 0 amide bonds. The molecule has 3 heteroatoms. The molecule has 20 heavy (non-hydrogen) atoms. The van der Waals surface area contributed by atoms with Crippen molar-refractivity contribution in [1.29, 1.82) is 0 Å². The number of likely N-dealkylation sites (tertiary alicyclic amines) is 1. The third kappa shape index (κ3) is 4.57. The van der Waals surface area contributed by atoms with Gasteiger partial charge in [0.15, 0.2) is 0 Å². The van der Waals surface area contributed by atoms with Crippen LogP contribution in [0.25, 0.3) is 0 Å². The summed E-state index contributed by atoms with van der Waals surface area (Å²) in [5.41, 5.74) is 1.35. The molecule has 1 aliphatic heterocycles. The predicted octanol–water partition coefficient (Wildman–Crippen LogP) is 2.87. The lowest BCUT2D eigenvalue weighted by Crippen LogP contribution is -2.51. The second-order valence-corrected chi connectivity index (χ2v) is 5.95. The van der Waals surface area contributed by atoms with Gasteiger partial charge in [-0.15, -0.1) is 0 Å². The van der Waals surface area contributed by atoms with Crippen LogP contribution in [0.5, 0.6) is 0 Å². The van der Waals surface area contributed by atoms with Crippen LogP contribution in [0.4, 0.5) is 0 Å². The Kier molecular flexibility index (Phi) is 6.48. The second kappa shape index (κ2) is 8.38. The van der Waals surface area contributed by atoms with Gasteiger partial charge >= 0.3 is 0 Å². The highest BCUT2D eigenvalue weighted by atomic mass is 15.2. The van der Waals surface area contributed by atoms with Gasteiger partial charge in [-0.05, 0) is 57.3 Å². The number of hydrogen-bond acceptors (Lipinski definition) is 3. The maximum atomic E-state index is 4.21. The Morgan fingerprint density at radius 1 is 1.45 bits per heavy atom. The molecule has 0 spiro atoms. The summed E-state index contributed by atoms with van der Waals surface area (Å²) in [6, 6.07) is 5.52. The highest BCUT2D eigenvalue weighted by Crippen LogP contribution is 2.20. The molecule has 1 aromatic heterocycles. The molecule has 1 aromatic rings. The number of hydrogen-bond donors (Lipinski definition) is 1. The molecule has 1 N–H and O–H groups in total. The van der Waals surface area contributed by atoms with Gasteiger partial charge in [-0.25, -0.2) is 0 Å². The molecule has 0 bridgehead atoms. The molecule has 2 unspecified atom stereocenters. The molecule has 1 saturated heterocycles. The quantitative estimate of drug-likeness (QED) is 0.829. The molecule has 0 aromatic carbocycles. The Hall–Kier alpha value is -0.930. The van der Waals surface area contributed by atoms with Gasteiger partial charge in [0.2, 0.25) is 0 Å². The Morgan fingerprint density at radius 2 is 2.35 bits per heavy atom. The largest absolute Gasteiger partial charge is 0.313 e. The summed E-state index contributed by atoms with van der Waals surface area (Å²) in [5.74, 6) is 0. The average Bonchev–Trinajstić information content (AvgIpc) is 2.52. The van der Waals surface area contributed by atoms with Crippen LogP contribution in [0, 0.1) is 0 Å². The summed E-state index contributed by atoms with van der Waals surface area (Å²) >= 11 is 0. The van der Waals surface area contributed by atoms with Gasteiger partial charge in [-0.3, -0.25) is 9.88 Å². The fourth-order valence-corrected chi connectivity index (χ4v) is 3.19. The van der Waals surface area contributed by atoms with Crippen LogP contribution in [0.3, 0.4) is 0 Å². The molecule has 3 nitrogen and oxygen atoms in total. The molecule has 1 aliphatic rings. The first kappa shape index (κ1) is 15.5.